The van der Waals surface area contributed by atoms with Gasteiger partial charge in [0.15, 0.2) is 5.65 Å². The van der Waals surface area contributed by atoms with Crippen molar-refractivity contribution in [3.05, 3.63) is 50.0 Å². The molecule has 0 fully saturated rings. The molecule has 0 unspecified atom stereocenters. The van der Waals surface area contributed by atoms with Gasteiger partial charge in [0.25, 0.3) is 5.56 Å². The number of rotatable bonds is 4. The molecule has 26 heavy (non-hydrogen) atoms. The van der Waals surface area contributed by atoms with Crippen molar-refractivity contribution in [2.24, 2.45) is 7.05 Å². The summed E-state index contributed by atoms with van der Waals surface area (Å²) in [5.41, 5.74) is 2.09. The van der Waals surface area contributed by atoms with Crippen LogP contribution in [0.25, 0.3) is 21.3 Å². The molecule has 0 saturated heterocycles. The Labute approximate surface area is 154 Å². The Balaban J connectivity index is 1.62. The molecule has 0 spiro atoms. The minimum absolute atomic E-state index is 0.136. The highest BCUT2D eigenvalue weighted by Crippen LogP contribution is 2.31. The Morgan fingerprint density at radius 1 is 1.27 bits per heavy atom. The molecule has 0 bridgehead atoms. The van der Waals surface area contributed by atoms with Crippen LogP contribution in [-0.4, -0.2) is 39.7 Å². The van der Waals surface area contributed by atoms with Crippen molar-refractivity contribution in [3.8, 4) is 0 Å². The molecule has 0 aromatic carbocycles. The van der Waals surface area contributed by atoms with Crippen LogP contribution in [0, 0.1) is 0 Å². The van der Waals surface area contributed by atoms with Crippen LogP contribution in [0.4, 0.5) is 0 Å². The van der Waals surface area contributed by atoms with Gasteiger partial charge in [0.2, 0.25) is 0 Å². The fourth-order valence-corrected chi connectivity index (χ4v) is 4.66. The molecular weight excluding hydrogens is 372 g/mol. The van der Waals surface area contributed by atoms with Gasteiger partial charge in [-0.15, -0.1) is 22.7 Å². The lowest BCUT2D eigenvalue weighted by atomic mass is 10.3. The summed E-state index contributed by atoms with van der Waals surface area (Å²) in [6.45, 7) is 0.371. The zero-order chi connectivity index (χ0) is 17.7. The van der Waals surface area contributed by atoms with Crippen molar-refractivity contribution >= 4 is 43.9 Å². The quantitative estimate of drug-likeness (QED) is 0.504. The molecule has 0 radical (unpaired) electrons. The lowest BCUT2D eigenvalue weighted by Crippen LogP contribution is -2.24. The van der Waals surface area contributed by atoms with Crippen LogP contribution in [0.3, 0.4) is 0 Å². The summed E-state index contributed by atoms with van der Waals surface area (Å²) in [6.07, 6.45) is 5.75. The van der Waals surface area contributed by atoms with E-state index >= 15 is 0 Å². The Morgan fingerprint density at radius 3 is 2.96 bits per heavy atom. The van der Waals surface area contributed by atoms with E-state index in [2.05, 4.69) is 30.5 Å². The van der Waals surface area contributed by atoms with Gasteiger partial charge >= 0.3 is 0 Å². The van der Waals surface area contributed by atoms with Gasteiger partial charge in [0, 0.05) is 30.4 Å². The van der Waals surface area contributed by atoms with Crippen LogP contribution in [-0.2, 0) is 20.0 Å². The summed E-state index contributed by atoms with van der Waals surface area (Å²) in [6, 6.07) is 0. The van der Waals surface area contributed by atoms with Crippen molar-refractivity contribution < 1.29 is 0 Å². The fraction of sp³-hybridized carbons (Fsp3) is 0.200. The highest BCUT2D eigenvalue weighted by Gasteiger charge is 2.18. The normalized spacial score (nSPS) is 11.7. The third kappa shape index (κ3) is 2.35. The maximum atomic E-state index is 12.9. The number of H-pyrrole nitrogens is 1. The van der Waals surface area contributed by atoms with Crippen LogP contribution >= 0.6 is 22.7 Å². The van der Waals surface area contributed by atoms with E-state index in [1.807, 2.05) is 17.0 Å². The second kappa shape index (κ2) is 5.81. The number of thiazole rings is 2. The summed E-state index contributed by atoms with van der Waals surface area (Å²) >= 11 is 3.06. The largest absolute Gasteiger partial charge is 0.323 e. The van der Waals surface area contributed by atoms with Gasteiger partial charge < -0.3 is 4.57 Å². The fourth-order valence-electron chi connectivity index (χ4n) is 2.95. The highest BCUT2D eigenvalue weighted by atomic mass is 32.1. The average molecular weight is 384 g/mol. The van der Waals surface area contributed by atoms with Crippen molar-refractivity contribution in [2.45, 2.75) is 13.0 Å². The van der Waals surface area contributed by atoms with Crippen LogP contribution in [0.15, 0.2) is 28.8 Å². The Kier molecular flexibility index (Phi) is 3.43. The highest BCUT2D eigenvalue weighted by molar-refractivity contribution is 7.19. The van der Waals surface area contributed by atoms with E-state index in [0.29, 0.717) is 18.5 Å². The third-order valence-corrected chi connectivity index (χ3v) is 5.98. The third-order valence-electron chi connectivity index (χ3n) is 4.14. The monoisotopic (exact) mass is 384 g/mol. The minimum Gasteiger partial charge on any atom is -0.323 e. The lowest BCUT2D eigenvalue weighted by molar-refractivity contribution is 0.641. The SMILES string of the molecule is Cn1c2nc(Cc3cn[nH]n3)sc2c2cnn(Cc3nccs3)c(=O)c21. The molecule has 1 N–H and O–H groups in total. The van der Waals surface area contributed by atoms with Crippen LogP contribution < -0.4 is 5.56 Å². The van der Waals surface area contributed by atoms with Gasteiger partial charge in [0.05, 0.1) is 29.3 Å². The molecule has 130 valence electrons. The zero-order valence-corrected chi connectivity index (χ0v) is 15.2. The van der Waals surface area contributed by atoms with Gasteiger partial charge in [-0.3, -0.25) is 4.79 Å². The molecule has 11 heteroatoms. The molecule has 5 rings (SSSR count). The van der Waals surface area contributed by atoms with Crippen LogP contribution in [0.2, 0.25) is 0 Å². The summed E-state index contributed by atoms with van der Waals surface area (Å²) in [4.78, 5) is 21.8. The standard InChI is InChI=1S/C15H12N8OS2/c1-22-12-9(6-18-23(15(12)24)7-11-16-2-3-25-11)13-14(22)19-10(26-13)4-8-5-17-21-20-8/h2-3,5-6H,4,7H2,1H3,(H,17,20,21). The molecule has 0 amide bonds. The van der Waals surface area contributed by atoms with Crippen molar-refractivity contribution in [1.29, 1.82) is 0 Å². The number of aromatic amines is 1. The van der Waals surface area contributed by atoms with Crippen LogP contribution in [0.1, 0.15) is 15.7 Å². The Bertz CT molecular complexity index is 1260. The number of aromatic nitrogens is 8. The zero-order valence-electron chi connectivity index (χ0n) is 13.6. The van der Waals surface area contributed by atoms with Crippen molar-refractivity contribution in [1.82, 2.24) is 39.7 Å². The minimum atomic E-state index is -0.136. The van der Waals surface area contributed by atoms with Crippen LogP contribution in [0.5, 0.6) is 0 Å². The summed E-state index contributed by atoms with van der Waals surface area (Å²) < 4.78 is 4.25. The molecule has 5 aromatic heterocycles. The number of nitrogens with zero attached hydrogens (tertiary/aromatic N) is 7. The van der Waals surface area contributed by atoms with Gasteiger partial charge in [-0.1, -0.05) is 0 Å². The lowest BCUT2D eigenvalue weighted by Gasteiger charge is -2.03. The maximum absolute atomic E-state index is 12.9. The first kappa shape index (κ1) is 15.3. The van der Waals surface area contributed by atoms with E-state index in [4.69, 9.17) is 0 Å². The van der Waals surface area contributed by atoms with E-state index in [1.165, 1.54) is 16.0 Å². The number of hydrogen-bond acceptors (Lipinski definition) is 8. The molecule has 9 nitrogen and oxygen atoms in total. The molecule has 0 aliphatic rings. The number of nitrogens with one attached hydrogen (secondary N) is 1. The van der Waals surface area contributed by atoms with E-state index < -0.39 is 0 Å². The first-order valence-electron chi connectivity index (χ1n) is 7.77. The first-order chi connectivity index (χ1) is 12.7. The molecule has 5 heterocycles. The van der Waals surface area contributed by atoms with E-state index in [1.54, 1.807) is 29.9 Å². The Morgan fingerprint density at radius 2 is 2.19 bits per heavy atom. The van der Waals surface area contributed by atoms with Gasteiger partial charge in [-0.2, -0.15) is 20.5 Å². The second-order valence-electron chi connectivity index (χ2n) is 5.75. The topological polar surface area (TPSA) is 107 Å². The van der Waals surface area contributed by atoms with Crippen molar-refractivity contribution in [2.75, 3.05) is 0 Å². The number of aryl methyl sites for hydroxylation is 1. The predicted molar refractivity (Wildman–Crippen MR) is 98.6 cm³/mol. The van der Waals surface area contributed by atoms with E-state index in [9.17, 15) is 4.79 Å². The summed E-state index contributed by atoms with van der Waals surface area (Å²) in [7, 11) is 1.86. The summed E-state index contributed by atoms with van der Waals surface area (Å²) in [5.74, 6) is 0. The predicted octanol–water partition coefficient (Wildman–Crippen LogP) is 1.56. The molecule has 0 aliphatic carbocycles. The molecule has 0 aliphatic heterocycles. The van der Waals surface area contributed by atoms with Crippen molar-refractivity contribution in [3.63, 3.8) is 0 Å². The van der Waals surface area contributed by atoms with Gasteiger partial charge in [0.1, 0.15) is 15.5 Å². The smallest absolute Gasteiger partial charge is 0.291 e. The molecule has 0 atom stereocenters. The van der Waals surface area contributed by atoms with Gasteiger partial charge in [-0.25, -0.2) is 14.6 Å². The van der Waals surface area contributed by atoms with E-state index in [0.717, 1.165) is 31.4 Å². The summed E-state index contributed by atoms with van der Waals surface area (Å²) in [5, 5.41) is 19.3. The molecule has 0 saturated carbocycles. The maximum Gasteiger partial charge on any atom is 0.291 e. The van der Waals surface area contributed by atoms with Gasteiger partial charge in [-0.05, 0) is 0 Å². The first-order valence-corrected chi connectivity index (χ1v) is 9.47. The average Bonchev–Trinajstić information content (AvgIpc) is 3.39. The number of fused-ring (bicyclic) bond motifs is 3. The number of hydrogen-bond donors (Lipinski definition) is 1. The molecule has 5 aromatic rings. The second-order valence-corrected chi connectivity index (χ2v) is 7.82. The Hall–Kier alpha value is -2.92. The van der Waals surface area contributed by atoms with E-state index in [-0.39, 0.29) is 5.56 Å². The molecular formula is C15H12N8OS2.